The van der Waals surface area contributed by atoms with Gasteiger partial charge in [-0.1, -0.05) is 6.07 Å². The lowest BCUT2D eigenvalue weighted by molar-refractivity contribution is -0.130. The van der Waals surface area contributed by atoms with Crippen LogP contribution in [0.3, 0.4) is 0 Å². The van der Waals surface area contributed by atoms with Crippen molar-refractivity contribution < 1.29 is 18.7 Å². The molecule has 0 atom stereocenters. The van der Waals surface area contributed by atoms with Crippen LogP contribution >= 0.6 is 0 Å². The molecule has 0 radical (unpaired) electrons. The van der Waals surface area contributed by atoms with E-state index in [1.165, 1.54) is 14.2 Å². The number of aromatic nitrogens is 1. The molecule has 0 bridgehead atoms. The third-order valence-electron chi connectivity index (χ3n) is 5.73. The SMILES string of the molecule is COc1ccc2c(C)c(CC(=O)N3CCN(c4ccccn4)CC3)c(=O)oc2c1OC. The maximum absolute atomic E-state index is 12.9. The Balaban J connectivity index is 1.53. The van der Waals surface area contributed by atoms with Gasteiger partial charge in [0.25, 0.3) is 0 Å². The fourth-order valence-corrected chi connectivity index (χ4v) is 3.96. The number of rotatable bonds is 5. The van der Waals surface area contributed by atoms with Crippen LogP contribution < -0.4 is 20.0 Å². The molecular weight excluding hydrogens is 398 g/mol. The molecule has 4 rings (SSSR count). The number of carbonyl (C=O) groups is 1. The van der Waals surface area contributed by atoms with Gasteiger partial charge in [0.2, 0.25) is 11.7 Å². The lowest BCUT2D eigenvalue weighted by Crippen LogP contribution is -2.49. The minimum Gasteiger partial charge on any atom is -0.493 e. The zero-order chi connectivity index (χ0) is 22.0. The number of fused-ring (bicyclic) bond motifs is 1. The summed E-state index contributed by atoms with van der Waals surface area (Å²) in [5.41, 5.74) is 0.881. The summed E-state index contributed by atoms with van der Waals surface area (Å²) >= 11 is 0. The maximum Gasteiger partial charge on any atom is 0.340 e. The molecule has 1 saturated heterocycles. The van der Waals surface area contributed by atoms with Crippen molar-refractivity contribution >= 4 is 22.7 Å². The highest BCUT2D eigenvalue weighted by atomic mass is 16.5. The first kappa shape index (κ1) is 20.7. The molecule has 1 aromatic carbocycles. The summed E-state index contributed by atoms with van der Waals surface area (Å²) in [6, 6.07) is 9.37. The predicted octanol–water partition coefficient (Wildman–Crippen LogP) is 2.40. The zero-order valence-corrected chi connectivity index (χ0v) is 17.9. The van der Waals surface area contributed by atoms with Crippen LogP contribution in [-0.2, 0) is 11.2 Å². The summed E-state index contributed by atoms with van der Waals surface area (Å²) in [5, 5.41) is 0.722. The van der Waals surface area contributed by atoms with E-state index in [0.717, 1.165) is 11.2 Å². The van der Waals surface area contributed by atoms with Crippen molar-refractivity contribution in [2.75, 3.05) is 45.3 Å². The Kier molecular flexibility index (Phi) is 5.79. The molecule has 31 heavy (non-hydrogen) atoms. The Labute approximate surface area is 180 Å². The van der Waals surface area contributed by atoms with Gasteiger partial charge in [0.05, 0.1) is 26.2 Å². The van der Waals surface area contributed by atoms with Crippen LogP contribution in [0.15, 0.2) is 45.7 Å². The Bertz CT molecular complexity index is 1150. The van der Waals surface area contributed by atoms with Gasteiger partial charge in [-0.15, -0.1) is 0 Å². The van der Waals surface area contributed by atoms with Crippen molar-refractivity contribution in [2.24, 2.45) is 0 Å². The van der Waals surface area contributed by atoms with E-state index in [2.05, 4.69) is 9.88 Å². The van der Waals surface area contributed by atoms with E-state index in [1.807, 2.05) is 31.2 Å². The molecule has 0 unspecified atom stereocenters. The first-order chi connectivity index (χ1) is 15.0. The monoisotopic (exact) mass is 423 g/mol. The summed E-state index contributed by atoms with van der Waals surface area (Å²) in [4.78, 5) is 34.0. The number of anilines is 1. The normalized spacial score (nSPS) is 14.0. The highest BCUT2D eigenvalue weighted by molar-refractivity contribution is 5.90. The molecule has 0 saturated carbocycles. The molecule has 8 heteroatoms. The van der Waals surface area contributed by atoms with Crippen LogP contribution in [0, 0.1) is 6.92 Å². The van der Waals surface area contributed by atoms with Gasteiger partial charge in [-0.2, -0.15) is 0 Å². The summed E-state index contributed by atoms with van der Waals surface area (Å²) in [5.74, 6) is 1.66. The number of piperazine rings is 1. The number of carbonyl (C=O) groups excluding carboxylic acids is 1. The average molecular weight is 423 g/mol. The predicted molar refractivity (Wildman–Crippen MR) is 117 cm³/mol. The molecule has 3 heterocycles. The van der Waals surface area contributed by atoms with Crippen LogP contribution in [0.2, 0.25) is 0 Å². The molecular formula is C23H25N3O5. The molecule has 1 aliphatic rings. The quantitative estimate of drug-likeness (QED) is 0.583. The molecule has 3 aromatic rings. The van der Waals surface area contributed by atoms with E-state index in [0.29, 0.717) is 54.4 Å². The van der Waals surface area contributed by atoms with Crippen molar-refractivity contribution in [3.05, 3.63) is 58.1 Å². The van der Waals surface area contributed by atoms with Crippen molar-refractivity contribution in [1.82, 2.24) is 9.88 Å². The lowest BCUT2D eigenvalue weighted by atomic mass is 10.0. The lowest BCUT2D eigenvalue weighted by Gasteiger charge is -2.35. The van der Waals surface area contributed by atoms with Gasteiger partial charge < -0.3 is 23.7 Å². The molecule has 1 aliphatic heterocycles. The Morgan fingerprint density at radius 1 is 1.10 bits per heavy atom. The summed E-state index contributed by atoms with van der Waals surface area (Å²) in [7, 11) is 3.02. The Morgan fingerprint density at radius 2 is 1.87 bits per heavy atom. The summed E-state index contributed by atoms with van der Waals surface area (Å²) in [6.07, 6.45) is 1.77. The van der Waals surface area contributed by atoms with Gasteiger partial charge in [-0.25, -0.2) is 9.78 Å². The first-order valence-electron chi connectivity index (χ1n) is 10.1. The standard InChI is InChI=1S/C23H25N3O5/c1-15-16-7-8-18(29-2)22(30-3)21(16)31-23(28)17(15)14-20(27)26-12-10-25(11-13-26)19-6-4-5-9-24-19/h4-9H,10-14H2,1-3H3. The van der Waals surface area contributed by atoms with E-state index < -0.39 is 5.63 Å². The van der Waals surface area contributed by atoms with Gasteiger partial charge >= 0.3 is 5.63 Å². The number of hydrogen-bond acceptors (Lipinski definition) is 7. The van der Waals surface area contributed by atoms with E-state index in [4.69, 9.17) is 13.9 Å². The van der Waals surface area contributed by atoms with Crippen LogP contribution in [0.1, 0.15) is 11.1 Å². The molecule has 2 aromatic heterocycles. The van der Waals surface area contributed by atoms with Crippen molar-refractivity contribution in [2.45, 2.75) is 13.3 Å². The highest BCUT2D eigenvalue weighted by Crippen LogP contribution is 2.36. The second-order valence-electron chi connectivity index (χ2n) is 7.40. The largest absolute Gasteiger partial charge is 0.493 e. The number of pyridine rings is 1. The molecule has 1 amide bonds. The number of aryl methyl sites for hydroxylation is 1. The Morgan fingerprint density at radius 3 is 2.52 bits per heavy atom. The second kappa shape index (κ2) is 8.67. The number of amides is 1. The van der Waals surface area contributed by atoms with Gasteiger partial charge in [0.1, 0.15) is 5.82 Å². The van der Waals surface area contributed by atoms with Crippen LogP contribution in [0.4, 0.5) is 5.82 Å². The molecule has 162 valence electrons. The zero-order valence-electron chi connectivity index (χ0n) is 17.9. The van der Waals surface area contributed by atoms with E-state index in [1.54, 1.807) is 17.2 Å². The molecule has 0 spiro atoms. The smallest absolute Gasteiger partial charge is 0.340 e. The van der Waals surface area contributed by atoms with Crippen molar-refractivity contribution in [3.8, 4) is 11.5 Å². The summed E-state index contributed by atoms with van der Waals surface area (Å²) in [6.45, 7) is 4.39. The molecule has 0 aliphatic carbocycles. The highest BCUT2D eigenvalue weighted by Gasteiger charge is 2.25. The minimum atomic E-state index is -0.531. The third kappa shape index (κ3) is 3.93. The number of methoxy groups -OCH3 is 2. The van der Waals surface area contributed by atoms with Crippen LogP contribution in [-0.4, -0.2) is 56.2 Å². The van der Waals surface area contributed by atoms with Crippen LogP contribution in [0.25, 0.3) is 11.0 Å². The van der Waals surface area contributed by atoms with Gasteiger partial charge in [-0.05, 0) is 36.8 Å². The number of ether oxygens (including phenoxy) is 2. The fraction of sp³-hybridized carbons (Fsp3) is 0.348. The van der Waals surface area contributed by atoms with E-state index in [-0.39, 0.29) is 12.3 Å². The fourth-order valence-electron chi connectivity index (χ4n) is 3.96. The van der Waals surface area contributed by atoms with Crippen molar-refractivity contribution in [1.29, 1.82) is 0 Å². The molecule has 0 N–H and O–H groups in total. The number of hydrogen-bond donors (Lipinski definition) is 0. The average Bonchev–Trinajstić information content (AvgIpc) is 2.81. The summed E-state index contributed by atoms with van der Waals surface area (Å²) < 4.78 is 16.2. The van der Waals surface area contributed by atoms with E-state index >= 15 is 0 Å². The van der Waals surface area contributed by atoms with E-state index in [9.17, 15) is 9.59 Å². The van der Waals surface area contributed by atoms with Crippen molar-refractivity contribution in [3.63, 3.8) is 0 Å². The first-order valence-corrected chi connectivity index (χ1v) is 10.1. The second-order valence-corrected chi connectivity index (χ2v) is 7.40. The molecule has 1 fully saturated rings. The molecule has 8 nitrogen and oxygen atoms in total. The third-order valence-corrected chi connectivity index (χ3v) is 5.73. The topological polar surface area (TPSA) is 85.1 Å². The maximum atomic E-state index is 12.9. The van der Waals surface area contributed by atoms with Crippen LogP contribution in [0.5, 0.6) is 11.5 Å². The minimum absolute atomic E-state index is 0.00202. The number of benzene rings is 1. The van der Waals surface area contributed by atoms with Gasteiger partial charge in [-0.3, -0.25) is 4.79 Å². The van der Waals surface area contributed by atoms with Gasteiger partial charge in [0, 0.05) is 37.8 Å². The number of nitrogens with zero attached hydrogens (tertiary/aromatic N) is 3. The van der Waals surface area contributed by atoms with Gasteiger partial charge in [0.15, 0.2) is 11.3 Å². The Hall–Kier alpha value is -3.55.